The standard InChI is InChI=1S/C22H18ClF2N5O3/c23-22(24,25)33-17-4-1-14(2-5-17)29-21(32)13-9-18(19-6-3-15(10-26)28-19)20(27-11-13)30-8-7-16(31)12-30/h1-6,9,11,16,28,31H,7-8,12H2,(H,29,32)/t16-/m1/s1. The van der Waals surface area contributed by atoms with Crippen molar-refractivity contribution in [1.82, 2.24) is 9.97 Å². The van der Waals surface area contributed by atoms with Gasteiger partial charge in [0, 0.05) is 42.1 Å². The third-order valence-corrected chi connectivity index (χ3v) is 5.11. The lowest BCUT2D eigenvalue weighted by molar-refractivity contribution is -0.0964. The monoisotopic (exact) mass is 473 g/mol. The highest BCUT2D eigenvalue weighted by Gasteiger charge is 2.28. The zero-order chi connectivity index (χ0) is 23.6. The number of alkyl halides is 3. The molecule has 1 fully saturated rings. The van der Waals surface area contributed by atoms with Crippen LogP contribution in [0.15, 0.2) is 48.7 Å². The SMILES string of the molecule is N#Cc1ccc(-c2cc(C(=O)Nc3ccc(OC(F)(F)Cl)cc3)cnc2N2CC[C@@H](O)C2)[nH]1. The summed E-state index contributed by atoms with van der Waals surface area (Å²) in [5.41, 5.74) is -1.67. The molecule has 0 spiro atoms. The van der Waals surface area contributed by atoms with Crippen LogP contribution in [0.2, 0.25) is 0 Å². The Morgan fingerprint density at radius 1 is 1.33 bits per heavy atom. The van der Waals surface area contributed by atoms with E-state index in [2.05, 4.69) is 20.0 Å². The van der Waals surface area contributed by atoms with Crippen LogP contribution in [0.3, 0.4) is 0 Å². The molecule has 0 bridgehead atoms. The predicted molar refractivity (Wildman–Crippen MR) is 117 cm³/mol. The number of aromatic amines is 1. The number of halogens is 3. The van der Waals surface area contributed by atoms with Gasteiger partial charge in [0.05, 0.1) is 17.4 Å². The lowest BCUT2D eigenvalue weighted by Gasteiger charge is -2.20. The molecule has 1 aliphatic heterocycles. The van der Waals surface area contributed by atoms with Gasteiger partial charge in [-0.15, -0.1) is 8.78 Å². The van der Waals surface area contributed by atoms with Gasteiger partial charge in [-0.25, -0.2) is 4.98 Å². The van der Waals surface area contributed by atoms with Crippen LogP contribution in [0.1, 0.15) is 22.5 Å². The van der Waals surface area contributed by atoms with E-state index < -0.39 is 17.6 Å². The Kier molecular flexibility index (Phi) is 6.18. The number of aliphatic hydroxyl groups is 1. The van der Waals surface area contributed by atoms with Gasteiger partial charge in [-0.3, -0.25) is 4.79 Å². The number of H-pyrrole nitrogens is 1. The van der Waals surface area contributed by atoms with E-state index in [1.807, 2.05) is 11.0 Å². The Morgan fingerprint density at radius 3 is 2.70 bits per heavy atom. The number of hydrogen-bond donors (Lipinski definition) is 3. The van der Waals surface area contributed by atoms with Gasteiger partial charge in [0.2, 0.25) is 0 Å². The normalized spacial score (nSPS) is 15.8. The Morgan fingerprint density at radius 2 is 2.09 bits per heavy atom. The van der Waals surface area contributed by atoms with Crippen LogP contribution in [0, 0.1) is 11.3 Å². The van der Waals surface area contributed by atoms with Crippen LogP contribution in [0.5, 0.6) is 5.75 Å². The Balaban J connectivity index is 1.59. The maximum Gasteiger partial charge on any atom is 0.487 e. The van der Waals surface area contributed by atoms with Crippen LogP contribution in [0.4, 0.5) is 20.3 Å². The third kappa shape index (κ3) is 5.39. The highest BCUT2D eigenvalue weighted by Crippen LogP contribution is 2.32. The first-order valence-electron chi connectivity index (χ1n) is 9.91. The number of hydrogen-bond acceptors (Lipinski definition) is 6. The lowest BCUT2D eigenvalue weighted by Crippen LogP contribution is -2.23. The molecule has 0 aliphatic carbocycles. The second-order valence-electron chi connectivity index (χ2n) is 7.41. The molecular weight excluding hydrogens is 456 g/mol. The quantitative estimate of drug-likeness (QED) is 0.467. The largest absolute Gasteiger partial charge is 0.487 e. The van der Waals surface area contributed by atoms with E-state index in [-0.39, 0.29) is 11.3 Å². The minimum atomic E-state index is -3.83. The number of pyridine rings is 1. The van der Waals surface area contributed by atoms with Gasteiger partial charge >= 0.3 is 5.57 Å². The molecular formula is C22H18ClF2N5O3. The van der Waals surface area contributed by atoms with Crippen molar-refractivity contribution in [3.8, 4) is 23.1 Å². The van der Waals surface area contributed by atoms with Gasteiger partial charge in [0.1, 0.15) is 23.3 Å². The fraction of sp³-hybridized carbons (Fsp3) is 0.227. The average molecular weight is 474 g/mol. The number of carbonyl (C=O) groups excluding carboxylic acids is 1. The molecule has 33 heavy (non-hydrogen) atoms. The molecule has 1 aromatic carbocycles. The van der Waals surface area contributed by atoms with Crippen LogP contribution in [-0.4, -0.2) is 45.7 Å². The van der Waals surface area contributed by atoms with E-state index in [4.69, 9.17) is 16.9 Å². The molecule has 170 valence electrons. The van der Waals surface area contributed by atoms with E-state index in [9.17, 15) is 18.7 Å². The minimum absolute atomic E-state index is 0.158. The Hall–Kier alpha value is -3.68. The molecule has 1 saturated heterocycles. The lowest BCUT2D eigenvalue weighted by atomic mass is 10.1. The van der Waals surface area contributed by atoms with Gasteiger partial charge < -0.3 is 25.0 Å². The summed E-state index contributed by atoms with van der Waals surface area (Å²) in [4.78, 5) is 22.2. The predicted octanol–water partition coefficient (Wildman–Crippen LogP) is 3.94. The molecule has 3 N–H and O–H groups in total. The van der Waals surface area contributed by atoms with E-state index in [0.717, 1.165) is 0 Å². The highest BCUT2D eigenvalue weighted by atomic mass is 35.5. The van der Waals surface area contributed by atoms with Crippen molar-refractivity contribution in [2.75, 3.05) is 23.3 Å². The number of amides is 1. The highest BCUT2D eigenvalue weighted by molar-refractivity contribution is 6.20. The second-order valence-corrected chi connectivity index (χ2v) is 7.85. The molecule has 4 rings (SSSR count). The number of rotatable bonds is 6. The number of nitriles is 1. The fourth-order valence-corrected chi connectivity index (χ4v) is 3.62. The number of carbonyl (C=O) groups is 1. The summed E-state index contributed by atoms with van der Waals surface area (Å²) in [6, 6.07) is 12.3. The zero-order valence-corrected chi connectivity index (χ0v) is 17.8. The molecule has 1 aliphatic rings. The van der Waals surface area contributed by atoms with Crippen molar-refractivity contribution in [2.24, 2.45) is 0 Å². The number of anilines is 2. The molecule has 1 atom stereocenters. The number of nitrogens with zero attached hydrogens (tertiary/aromatic N) is 3. The van der Waals surface area contributed by atoms with E-state index in [1.54, 1.807) is 18.2 Å². The van der Waals surface area contributed by atoms with Crippen LogP contribution in [-0.2, 0) is 0 Å². The first-order chi connectivity index (χ1) is 15.7. The molecule has 3 aromatic rings. The second kappa shape index (κ2) is 9.05. The maximum absolute atomic E-state index is 12.8. The Bertz CT molecular complexity index is 1200. The van der Waals surface area contributed by atoms with Crippen molar-refractivity contribution in [3.05, 3.63) is 59.9 Å². The van der Waals surface area contributed by atoms with Crippen LogP contribution >= 0.6 is 11.6 Å². The smallest absolute Gasteiger partial charge is 0.420 e. The van der Waals surface area contributed by atoms with E-state index in [0.29, 0.717) is 48.0 Å². The summed E-state index contributed by atoms with van der Waals surface area (Å²) in [6.07, 6.45) is 1.55. The molecule has 1 amide bonds. The molecule has 11 heteroatoms. The zero-order valence-electron chi connectivity index (χ0n) is 17.1. The van der Waals surface area contributed by atoms with E-state index in [1.165, 1.54) is 30.5 Å². The van der Waals surface area contributed by atoms with Crippen molar-refractivity contribution in [1.29, 1.82) is 5.26 Å². The summed E-state index contributed by atoms with van der Waals surface area (Å²) < 4.78 is 29.7. The number of benzene rings is 1. The molecule has 0 unspecified atom stereocenters. The number of aliphatic hydroxyl groups excluding tert-OH is 1. The number of nitrogens with one attached hydrogen (secondary N) is 2. The molecule has 2 aromatic heterocycles. The van der Waals surface area contributed by atoms with Crippen LogP contribution in [0.25, 0.3) is 11.3 Å². The Labute approximate surface area is 192 Å². The third-order valence-electron chi connectivity index (χ3n) is 5.03. The van der Waals surface area contributed by atoms with Crippen LogP contribution < -0.4 is 15.0 Å². The van der Waals surface area contributed by atoms with Crippen molar-refractivity contribution < 1.29 is 23.4 Å². The summed E-state index contributed by atoms with van der Waals surface area (Å²) >= 11 is 4.75. The van der Waals surface area contributed by atoms with Gasteiger partial charge in [-0.05, 0) is 48.9 Å². The molecule has 3 heterocycles. The number of ether oxygens (including phenoxy) is 1. The van der Waals surface area contributed by atoms with Gasteiger partial charge in [-0.2, -0.15) is 5.26 Å². The number of β-amino-alcohol motifs (C(OH)–C–C–N with tert-alkyl or cyclic N) is 1. The summed E-state index contributed by atoms with van der Waals surface area (Å²) in [5, 5.41) is 21.7. The van der Waals surface area contributed by atoms with Gasteiger partial charge in [-0.1, -0.05) is 0 Å². The van der Waals surface area contributed by atoms with Crippen molar-refractivity contribution >= 4 is 29.0 Å². The fourth-order valence-electron chi connectivity index (χ4n) is 3.53. The van der Waals surface area contributed by atoms with E-state index >= 15 is 0 Å². The molecule has 0 saturated carbocycles. The molecule has 0 radical (unpaired) electrons. The minimum Gasteiger partial charge on any atom is -0.420 e. The maximum atomic E-state index is 12.8. The number of aromatic nitrogens is 2. The summed E-state index contributed by atoms with van der Waals surface area (Å²) in [5.74, 6) is -0.0488. The first kappa shape index (κ1) is 22.5. The summed E-state index contributed by atoms with van der Waals surface area (Å²) in [6.45, 7) is 1.02. The molecule has 8 nitrogen and oxygen atoms in total. The van der Waals surface area contributed by atoms with Gasteiger partial charge in [0.15, 0.2) is 0 Å². The average Bonchev–Trinajstić information content (AvgIpc) is 3.42. The topological polar surface area (TPSA) is 114 Å². The van der Waals surface area contributed by atoms with Crippen molar-refractivity contribution in [2.45, 2.75) is 18.1 Å². The first-order valence-corrected chi connectivity index (χ1v) is 10.3. The summed E-state index contributed by atoms with van der Waals surface area (Å²) in [7, 11) is 0. The van der Waals surface area contributed by atoms with Gasteiger partial charge in [0.25, 0.3) is 5.91 Å². The van der Waals surface area contributed by atoms with Crippen molar-refractivity contribution in [3.63, 3.8) is 0 Å².